The quantitative estimate of drug-likeness (QED) is 0.490. The molecular weight excluding hydrogens is 477 g/mol. The van der Waals surface area contributed by atoms with E-state index in [2.05, 4.69) is 15.6 Å². The van der Waals surface area contributed by atoms with E-state index in [0.29, 0.717) is 5.75 Å². The van der Waals surface area contributed by atoms with E-state index in [-0.39, 0.29) is 54.7 Å². The van der Waals surface area contributed by atoms with Crippen molar-refractivity contribution < 1.29 is 23.5 Å². The lowest BCUT2D eigenvalue weighted by molar-refractivity contribution is -0.133. The van der Waals surface area contributed by atoms with Gasteiger partial charge in [0.25, 0.3) is 11.8 Å². The van der Waals surface area contributed by atoms with Crippen LogP contribution in [0.25, 0.3) is 0 Å². The Balaban J connectivity index is 1.33. The van der Waals surface area contributed by atoms with Crippen LogP contribution in [-0.2, 0) is 24.4 Å². The molecule has 3 amide bonds. The van der Waals surface area contributed by atoms with Crippen LogP contribution in [0.5, 0.6) is 5.75 Å². The maximum atomic E-state index is 13.7. The molecule has 37 heavy (non-hydrogen) atoms. The monoisotopic (exact) mass is 505 g/mol. The van der Waals surface area contributed by atoms with Gasteiger partial charge < -0.3 is 24.8 Å². The second-order valence-corrected chi connectivity index (χ2v) is 9.59. The third-order valence-electron chi connectivity index (χ3n) is 6.86. The van der Waals surface area contributed by atoms with Gasteiger partial charge in [-0.25, -0.2) is 9.37 Å². The van der Waals surface area contributed by atoms with Crippen LogP contribution in [0.2, 0.25) is 0 Å². The zero-order valence-corrected chi connectivity index (χ0v) is 20.7. The molecule has 1 aliphatic carbocycles. The van der Waals surface area contributed by atoms with Gasteiger partial charge in [-0.05, 0) is 55.2 Å². The Morgan fingerprint density at radius 2 is 1.68 bits per heavy atom. The van der Waals surface area contributed by atoms with Crippen LogP contribution in [0, 0.1) is 5.82 Å². The van der Waals surface area contributed by atoms with Crippen LogP contribution >= 0.6 is 0 Å². The molecule has 0 bridgehead atoms. The molecular formula is C27H28FN5O4. The molecule has 1 atom stereocenters. The molecule has 2 heterocycles. The van der Waals surface area contributed by atoms with Gasteiger partial charge >= 0.3 is 0 Å². The van der Waals surface area contributed by atoms with Gasteiger partial charge in [-0.1, -0.05) is 24.3 Å². The number of carbonyl (C=O) groups is 3. The highest BCUT2D eigenvalue weighted by Crippen LogP contribution is 2.38. The molecule has 1 fully saturated rings. The van der Waals surface area contributed by atoms with Crippen LogP contribution in [0.1, 0.15) is 51.9 Å². The molecule has 1 saturated carbocycles. The van der Waals surface area contributed by atoms with Gasteiger partial charge in [0.15, 0.2) is 5.69 Å². The molecule has 0 spiro atoms. The maximum absolute atomic E-state index is 13.7. The third kappa shape index (κ3) is 4.78. The summed E-state index contributed by atoms with van der Waals surface area (Å²) < 4.78 is 20.0. The Bertz CT molecular complexity index is 1330. The first-order valence-corrected chi connectivity index (χ1v) is 12.1. The molecule has 2 aliphatic rings. The Hall–Kier alpha value is -4.21. The van der Waals surface area contributed by atoms with Gasteiger partial charge in [-0.15, -0.1) is 0 Å². The first-order chi connectivity index (χ1) is 17.8. The number of imidazole rings is 1. The summed E-state index contributed by atoms with van der Waals surface area (Å²) in [7, 11) is 1.58. The van der Waals surface area contributed by atoms with Crippen LogP contribution < -0.4 is 15.4 Å². The molecule has 5 rings (SSSR count). The Morgan fingerprint density at radius 3 is 2.30 bits per heavy atom. The lowest BCUT2D eigenvalue weighted by Gasteiger charge is -2.44. The summed E-state index contributed by atoms with van der Waals surface area (Å²) in [5.41, 5.74) is 0.681. The van der Waals surface area contributed by atoms with Gasteiger partial charge in [0, 0.05) is 19.1 Å². The largest absolute Gasteiger partial charge is 0.497 e. The molecule has 1 aliphatic heterocycles. The molecule has 9 nitrogen and oxygen atoms in total. The highest BCUT2D eigenvalue weighted by Gasteiger charge is 2.53. The van der Waals surface area contributed by atoms with Crippen molar-refractivity contribution in [1.82, 2.24) is 25.1 Å². The molecule has 10 heteroatoms. The molecule has 2 N–H and O–H groups in total. The number of methoxy groups -OCH3 is 1. The summed E-state index contributed by atoms with van der Waals surface area (Å²) >= 11 is 0. The molecule has 0 unspecified atom stereocenters. The van der Waals surface area contributed by atoms with E-state index in [1.54, 1.807) is 47.8 Å². The second kappa shape index (κ2) is 9.68. The van der Waals surface area contributed by atoms with Crippen LogP contribution in [0.4, 0.5) is 4.39 Å². The molecule has 3 aromatic rings. The standard InChI is InChI=1S/C27H28FN5O4/c1-27(26(36)30-14-17-3-7-19(28)8-4-17)15-32-16-31-22(23(32)25(35)33(27)20-9-10-20)24(34)29-13-18-5-11-21(37-2)12-6-18/h3-8,11-12,16,20H,9-10,13-15H2,1-2H3,(H,29,34)(H,30,36)/t27-/m1/s1. The average molecular weight is 506 g/mol. The Labute approximate surface area is 213 Å². The lowest BCUT2D eigenvalue weighted by Crippen LogP contribution is -2.64. The van der Waals surface area contributed by atoms with Crippen molar-refractivity contribution in [2.24, 2.45) is 0 Å². The van der Waals surface area contributed by atoms with E-state index in [1.165, 1.54) is 18.5 Å². The Kier molecular flexibility index (Phi) is 6.41. The van der Waals surface area contributed by atoms with Gasteiger partial charge in [0.2, 0.25) is 5.91 Å². The summed E-state index contributed by atoms with van der Waals surface area (Å²) in [6.45, 7) is 2.37. The lowest BCUT2D eigenvalue weighted by atomic mass is 9.93. The number of halogens is 1. The number of aromatic nitrogens is 2. The number of rotatable bonds is 8. The number of nitrogens with zero attached hydrogens (tertiary/aromatic N) is 3. The fourth-order valence-electron chi connectivity index (χ4n) is 4.71. The zero-order chi connectivity index (χ0) is 26.2. The molecule has 1 aromatic heterocycles. The van der Waals surface area contributed by atoms with Crippen molar-refractivity contribution >= 4 is 17.7 Å². The minimum absolute atomic E-state index is 0.0398. The summed E-state index contributed by atoms with van der Waals surface area (Å²) in [5, 5.41) is 5.71. The zero-order valence-electron chi connectivity index (χ0n) is 20.7. The third-order valence-corrected chi connectivity index (χ3v) is 6.86. The first-order valence-electron chi connectivity index (χ1n) is 12.1. The number of hydrogen-bond acceptors (Lipinski definition) is 5. The molecule has 0 radical (unpaired) electrons. The summed E-state index contributed by atoms with van der Waals surface area (Å²) in [4.78, 5) is 46.0. The highest BCUT2D eigenvalue weighted by atomic mass is 19.1. The number of fused-ring (bicyclic) bond motifs is 1. The van der Waals surface area contributed by atoms with Crippen LogP contribution in [0.3, 0.4) is 0 Å². The number of amides is 3. The second-order valence-electron chi connectivity index (χ2n) is 9.59. The van der Waals surface area contributed by atoms with Crippen LogP contribution in [-0.4, -0.2) is 50.9 Å². The SMILES string of the molecule is COc1ccc(CNC(=O)c2ncn3c2C(=O)N(C2CC2)[C@@](C)(C(=O)NCc2ccc(F)cc2)C3)cc1. The molecule has 0 saturated heterocycles. The van der Waals surface area contributed by atoms with E-state index < -0.39 is 11.4 Å². The molecule has 192 valence electrons. The summed E-state index contributed by atoms with van der Waals surface area (Å²) in [5.74, 6) is -0.801. The predicted molar refractivity (Wildman–Crippen MR) is 132 cm³/mol. The average Bonchev–Trinajstić information content (AvgIpc) is 3.64. The topological polar surface area (TPSA) is 106 Å². The maximum Gasteiger partial charge on any atom is 0.274 e. The van der Waals surface area contributed by atoms with Gasteiger partial charge in [0.1, 0.15) is 22.8 Å². The van der Waals surface area contributed by atoms with Crippen LogP contribution in [0.15, 0.2) is 54.9 Å². The number of ether oxygens (including phenoxy) is 1. The van der Waals surface area contributed by atoms with Crippen molar-refractivity contribution in [2.45, 2.75) is 51.0 Å². The van der Waals surface area contributed by atoms with Crippen molar-refractivity contribution in [1.29, 1.82) is 0 Å². The van der Waals surface area contributed by atoms with E-state index in [1.807, 2.05) is 12.1 Å². The summed E-state index contributed by atoms with van der Waals surface area (Å²) in [6, 6.07) is 13.1. The molecule has 2 aromatic carbocycles. The number of nitrogens with one attached hydrogen (secondary N) is 2. The normalized spacial score (nSPS) is 18.8. The van der Waals surface area contributed by atoms with Crippen molar-refractivity contribution in [3.8, 4) is 5.75 Å². The highest BCUT2D eigenvalue weighted by molar-refractivity contribution is 6.07. The van der Waals surface area contributed by atoms with Gasteiger partial charge in [-0.3, -0.25) is 14.4 Å². The van der Waals surface area contributed by atoms with E-state index in [4.69, 9.17) is 4.74 Å². The smallest absolute Gasteiger partial charge is 0.274 e. The fraction of sp³-hybridized carbons (Fsp3) is 0.333. The van der Waals surface area contributed by atoms with Gasteiger partial charge in [0.05, 0.1) is 20.0 Å². The predicted octanol–water partition coefficient (Wildman–Crippen LogP) is 2.65. The summed E-state index contributed by atoms with van der Waals surface area (Å²) in [6.07, 6.45) is 3.02. The number of hydrogen-bond donors (Lipinski definition) is 2. The van der Waals surface area contributed by atoms with Crippen molar-refractivity contribution in [2.75, 3.05) is 7.11 Å². The number of carbonyl (C=O) groups excluding carboxylic acids is 3. The first kappa shape index (κ1) is 24.5. The van der Waals surface area contributed by atoms with Crippen molar-refractivity contribution in [3.05, 3.63) is 83.2 Å². The van der Waals surface area contributed by atoms with E-state index in [0.717, 1.165) is 24.0 Å². The van der Waals surface area contributed by atoms with E-state index >= 15 is 0 Å². The minimum atomic E-state index is -1.16. The fourth-order valence-corrected chi connectivity index (χ4v) is 4.71. The van der Waals surface area contributed by atoms with E-state index in [9.17, 15) is 18.8 Å². The Morgan fingerprint density at radius 1 is 1.05 bits per heavy atom. The van der Waals surface area contributed by atoms with Gasteiger partial charge in [-0.2, -0.15) is 0 Å². The van der Waals surface area contributed by atoms with Crippen molar-refractivity contribution in [3.63, 3.8) is 0 Å². The number of benzene rings is 2. The minimum Gasteiger partial charge on any atom is -0.497 e.